The van der Waals surface area contributed by atoms with Crippen molar-refractivity contribution in [2.45, 2.75) is 20.5 Å². The van der Waals surface area contributed by atoms with Crippen molar-refractivity contribution in [1.82, 2.24) is 4.57 Å². The first-order valence-electron chi connectivity index (χ1n) is 9.55. The molecule has 0 saturated carbocycles. The van der Waals surface area contributed by atoms with E-state index in [2.05, 4.69) is 5.32 Å². The minimum atomic E-state index is -0.752. The normalized spacial score (nSPS) is 10.7. The summed E-state index contributed by atoms with van der Waals surface area (Å²) in [4.78, 5) is 36.1. The number of nitriles is 1. The minimum absolute atomic E-state index is 0.0245. The Morgan fingerprint density at radius 3 is 2.62 bits per heavy atom. The number of amides is 1. The maximum Gasteiger partial charge on any atom is 0.343 e. The number of hydrogen-bond donors (Lipinski definition) is 1. The number of ether oxygens (including phenoxy) is 1. The number of aromatic nitrogens is 1. The molecule has 1 amide bonds. The van der Waals surface area contributed by atoms with Crippen molar-refractivity contribution in [2.75, 3.05) is 5.32 Å². The molecule has 0 bridgehead atoms. The van der Waals surface area contributed by atoms with Crippen LogP contribution in [-0.4, -0.2) is 16.4 Å². The third-order valence-electron chi connectivity index (χ3n) is 4.73. The molecule has 0 spiro atoms. The number of carbonyl (C=O) groups excluding carboxylic acids is 2. The van der Waals surface area contributed by atoms with Crippen LogP contribution in [0.1, 0.15) is 34.2 Å². The molecule has 0 aliphatic carbocycles. The van der Waals surface area contributed by atoms with E-state index >= 15 is 0 Å². The third kappa shape index (κ3) is 3.89. The van der Waals surface area contributed by atoms with Crippen molar-refractivity contribution in [2.24, 2.45) is 0 Å². The zero-order valence-corrected chi connectivity index (χ0v) is 17.2. The lowest BCUT2D eigenvalue weighted by molar-refractivity contribution is -0.114. The molecule has 160 valence electrons. The quantitative estimate of drug-likeness (QED) is 0.377. The predicted molar refractivity (Wildman–Crippen MR) is 113 cm³/mol. The Hall–Kier alpha value is -4.58. The van der Waals surface area contributed by atoms with E-state index < -0.39 is 11.6 Å². The molecule has 4 rings (SSSR count). The number of furan rings is 1. The first-order valence-corrected chi connectivity index (χ1v) is 9.55. The van der Waals surface area contributed by atoms with Crippen molar-refractivity contribution in [3.8, 4) is 12.0 Å². The Morgan fingerprint density at radius 2 is 1.94 bits per heavy atom. The van der Waals surface area contributed by atoms with Gasteiger partial charge in [-0.1, -0.05) is 0 Å². The van der Waals surface area contributed by atoms with Gasteiger partial charge < -0.3 is 18.9 Å². The second-order valence-corrected chi connectivity index (χ2v) is 6.97. The molecule has 32 heavy (non-hydrogen) atoms. The molecule has 0 aliphatic rings. The van der Waals surface area contributed by atoms with Gasteiger partial charge in [0.05, 0.1) is 0 Å². The van der Waals surface area contributed by atoms with Crippen LogP contribution in [0.25, 0.3) is 16.9 Å². The van der Waals surface area contributed by atoms with Gasteiger partial charge in [0.1, 0.15) is 35.1 Å². The van der Waals surface area contributed by atoms with Crippen LogP contribution in [0.15, 0.2) is 62.4 Å². The lowest BCUT2D eigenvalue weighted by Crippen LogP contribution is -2.10. The average Bonchev–Trinajstić information content (AvgIpc) is 3.38. The molecule has 3 aromatic heterocycles. The number of rotatable bonds is 5. The minimum Gasteiger partial charge on any atom is -0.457 e. The molecule has 0 fully saturated rings. The summed E-state index contributed by atoms with van der Waals surface area (Å²) in [5, 5.41) is 12.8. The van der Waals surface area contributed by atoms with Gasteiger partial charge in [-0.25, -0.2) is 9.59 Å². The van der Waals surface area contributed by atoms with Crippen LogP contribution in [0.5, 0.6) is 0 Å². The fraction of sp³-hybridized carbons (Fsp3) is 0.130. The Bertz CT molecular complexity index is 1440. The summed E-state index contributed by atoms with van der Waals surface area (Å²) in [5.41, 5.74) is 0.576. The number of esters is 1. The van der Waals surface area contributed by atoms with Crippen molar-refractivity contribution in [1.29, 1.82) is 5.26 Å². The number of aryl methyl sites for hydroxylation is 1. The Balaban J connectivity index is 1.63. The van der Waals surface area contributed by atoms with E-state index in [0.717, 1.165) is 0 Å². The fourth-order valence-corrected chi connectivity index (χ4v) is 3.38. The molecular weight excluding hydrogens is 414 g/mol. The van der Waals surface area contributed by atoms with Gasteiger partial charge in [-0.15, -0.1) is 0 Å². The Morgan fingerprint density at radius 1 is 1.19 bits per heavy atom. The van der Waals surface area contributed by atoms with Gasteiger partial charge in [-0.05, 0) is 31.2 Å². The van der Waals surface area contributed by atoms with Crippen molar-refractivity contribution in [3.63, 3.8) is 0 Å². The summed E-state index contributed by atoms with van der Waals surface area (Å²) in [7, 11) is 0. The van der Waals surface area contributed by atoms with E-state index in [1.54, 1.807) is 48.1 Å². The van der Waals surface area contributed by atoms with Gasteiger partial charge in [0.25, 0.3) is 0 Å². The molecule has 9 heteroatoms. The average molecular weight is 431 g/mol. The number of anilines is 1. The summed E-state index contributed by atoms with van der Waals surface area (Å²) in [5.74, 6) is -0.553. The smallest absolute Gasteiger partial charge is 0.343 e. The van der Waals surface area contributed by atoms with Gasteiger partial charge in [0.15, 0.2) is 0 Å². The number of hydrogen-bond acceptors (Lipinski definition) is 7. The highest BCUT2D eigenvalue weighted by molar-refractivity contribution is 5.95. The topological polar surface area (TPSA) is 127 Å². The van der Waals surface area contributed by atoms with Crippen LogP contribution in [0.3, 0.4) is 0 Å². The van der Waals surface area contributed by atoms with Crippen molar-refractivity contribution in [3.05, 3.63) is 81.7 Å². The van der Waals surface area contributed by atoms with Crippen molar-refractivity contribution < 1.29 is 23.2 Å². The molecule has 1 N–H and O–H groups in total. The summed E-state index contributed by atoms with van der Waals surface area (Å²) < 4.78 is 17.8. The molecule has 0 radical (unpaired) electrons. The zero-order valence-electron chi connectivity index (χ0n) is 17.2. The molecule has 9 nitrogen and oxygen atoms in total. The third-order valence-corrected chi connectivity index (χ3v) is 4.73. The first-order chi connectivity index (χ1) is 15.4. The standard InChI is InChI=1S/C23H17N3O6/c1-13-21(18(11-24)22(31-13)26-7-3-4-8-26)23(29)30-12-15-9-20(28)32-19-10-16(25-14(2)27)5-6-17(15)19/h3-10H,12H2,1-2H3,(H,25,27). The molecule has 1 aromatic carbocycles. The lowest BCUT2D eigenvalue weighted by atomic mass is 10.1. The molecule has 0 atom stereocenters. The van der Waals surface area contributed by atoms with E-state index in [1.165, 1.54) is 19.1 Å². The predicted octanol–water partition coefficient (Wildman–Crippen LogP) is 3.67. The van der Waals surface area contributed by atoms with Crippen LogP contribution >= 0.6 is 0 Å². The van der Waals surface area contributed by atoms with Crippen LogP contribution in [-0.2, 0) is 16.1 Å². The molecule has 0 saturated heterocycles. The first kappa shape index (κ1) is 20.7. The molecule has 3 heterocycles. The second-order valence-electron chi connectivity index (χ2n) is 6.97. The van der Waals surface area contributed by atoms with E-state index in [9.17, 15) is 19.6 Å². The van der Waals surface area contributed by atoms with Crippen LogP contribution in [0, 0.1) is 18.3 Å². The maximum atomic E-state index is 12.8. The lowest BCUT2D eigenvalue weighted by Gasteiger charge is -2.08. The van der Waals surface area contributed by atoms with Crippen molar-refractivity contribution >= 4 is 28.5 Å². The number of carbonyl (C=O) groups is 2. The van der Waals surface area contributed by atoms with Gasteiger partial charge >= 0.3 is 11.6 Å². The highest BCUT2D eigenvalue weighted by Gasteiger charge is 2.26. The SMILES string of the molecule is CC(=O)Nc1ccc2c(COC(=O)c3c(C)oc(-n4cccc4)c3C#N)cc(=O)oc2c1. The molecule has 0 unspecified atom stereocenters. The highest BCUT2D eigenvalue weighted by atomic mass is 16.5. The highest BCUT2D eigenvalue weighted by Crippen LogP contribution is 2.27. The van der Waals surface area contributed by atoms with Crippen LogP contribution < -0.4 is 10.9 Å². The molecule has 4 aromatic rings. The van der Waals surface area contributed by atoms with Gasteiger partial charge in [-0.3, -0.25) is 9.36 Å². The van der Waals surface area contributed by atoms with E-state index in [-0.39, 0.29) is 40.9 Å². The Kier molecular flexibility index (Phi) is 5.35. The molecule has 0 aliphatic heterocycles. The summed E-state index contributed by atoms with van der Waals surface area (Å²) in [6, 6.07) is 11.6. The monoisotopic (exact) mass is 431 g/mol. The van der Waals surface area contributed by atoms with Crippen LogP contribution in [0.4, 0.5) is 5.69 Å². The largest absolute Gasteiger partial charge is 0.457 e. The van der Waals surface area contributed by atoms with E-state index in [1.807, 2.05) is 6.07 Å². The van der Waals surface area contributed by atoms with E-state index in [4.69, 9.17) is 13.6 Å². The van der Waals surface area contributed by atoms with Gasteiger partial charge in [-0.2, -0.15) is 5.26 Å². The number of benzene rings is 1. The molecular formula is C23H17N3O6. The number of nitrogens with one attached hydrogen (secondary N) is 1. The number of fused-ring (bicyclic) bond motifs is 1. The second kappa shape index (κ2) is 8.28. The van der Waals surface area contributed by atoms with Gasteiger partial charge in [0.2, 0.25) is 11.8 Å². The van der Waals surface area contributed by atoms with E-state index in [0.29, 0.717) is 16.6 Å². The van der Waals surface area contributed by atoms with Crippen LogP contribution in [0.2, 0.25) is 0 Å². The number of nitrogens with zero attached hydrogens (tertiary/aromatic N) is 2. The summed E-state index contributed by atoms with van der Waals surface area (Å²) in [6.07, 6.45) is 3.39. The zero-order chi connectivity index (χ0) is 22.8. The van der Waals surface area contributed by atoms with Gasteiger partial charge in [0, 0.05) is 48.1 Å². The fourth-order valence-electron chi connectivity index (χ4n) is 3.38. The summed E-state index contributed by atoms with van der Waals surface area (Å²) >= 11 is 0. The summed E-state index contributed by atoms with van der Waals surface area (Å²) in [6.45, 7) is 2.71. The maximum absolute atomic E-state index is 12.8. The Labute approximate surface area is 181 Å².